The van der Waals surface area contributed by atoms with Crippen LogP contribution in [0.2, 0.25) is 0 Å². The van der Waals surface area contributed by atoms with E-state index in [1.54, 1.807) is 31.7 Å². The Hall–Kier alpha value is -5.59. The summed E-state index contributed by atoms with van der Waals surface area (Å²) < 4.78 is 0. The SMILES string of the molecule is CC(=O)c1ccc(-c2cc(-c3ccccn3)nc(-c3ccccn3)c2)cc1.[Ru].c1ccc(-c2cccc(-c3ccccn3)n2)nc1. The Balaban J connectivity index is 0.000000191. The van der Waals surface area contributed by atoms with Crippen LogP contribution in [0, 0.1) is 0 Å². The van der Waals surface area contributed by atoms with E-state index in [9.17, 15) is 4.79 Å². The van der Waals surface area contributed by atoms with Crippen LogP contribution in [0.1, 0.15) is 17.3 Å². The largest absolute Gasteiger partial charge is 0.295 e. The Morgan fingerprint density at radius 3 is 1.15 bits per heavy atom. The molecule has 0 N–H and O–H groups in total. The van der Waals surface area contributed by atoms with Crippen molar-refractivity contribution in [2.75, 3.05) is 0 Å². The average Bonchev–Trinajstić information content (AvgIpc) is 3.13. The maximum atomic E-state index is 11.5. The second-order valence-corrected chi connectivity index (χ2v) is 10.0. The number of hydrogen-bond acceptors (Lipinski definition) is 7. The molecule has 0 aliphatic rings. The summed E-state index contributed by atoms with van der Waals surface area (Å²) in [6.07, 6.45) is 7.05. The molecule has 0 amide bonds. The van der Waals surface area contributed by atoms with E-state index in [0.29, 0.717) is 5.56 Å². The van der Waals surface area contributed by atoms with E-state index in [-0.39, 0.29) is 25.3 Å². The summed E-state index contributed by atoms with van der Waals surface area (Å²) in [6, 6.07) is 40.6. The first-order valence-corrected chi connectivity index (χ1v) is 14.4. The van der Waals surface area contributed by atoms with Gasteiger partial charge in [-0.05, 0) is 90.8 Å². The molecule has 0 fully saturated rings. The van der Waals surface area contributed by atoms with Crippen LogP contribution in [0.3, 0.4) is 0 Å². The Morgan fingerprint density at radius 2 is 0.783 bits per heavy atom. The molecule has 1 aromatic carbocycles. The van der Waals surface area contributed by atoms with Gasteiger partial charge in [0.25, 0.3) is 0 Å². The summed E-state index contributed by atoms with van der Waals surface area (Å²) in [5, 5.41) is 0. The third-order valence-corrected chi connectivity index (χ3v) is 6.91. The zero-order valence-corrected chi connectivity index (χ0v) is 26.6. The molecule has 7 nitrogen and oxygen atoms in total. The molecule has 0 unspecified atom stereocenters. The third kappa shape index (κ3) is 7.92. The molecule has 8 heteroatoms. The minimum absolute atomic E-state index is 0. The molecule has 0 aliphatic carbocycles. The smallest absolute Gasteiger partial charge is 0.159 e. The summed E-state index contributed by atoms with van der Waals surface area (Å²) >= 11 is 0. The van der Waals surface area contributed by atoms with E-state index < -0.39 is 0 Å². The van der Waals surface area contributed by atoms with E-state index in [1.807, 2.05) is 127 Å². The van der Waals surface area contributed by atoms with Crippen LogP contribution in [0.4, 0.5) is 0 Å². The molecule has 7 aromatic rings. The Bertz CT molecular complexity index is 1900. The first kappa shape index (κ1) is 31.8. The van der Waals surface area contributed by atoms with E-state index in [1.165, 1.54) is 0 Å². The molecular formula is C38H28N6ORu. The Morgan fingerprint density at radius 1 is 0.413 bits per heavy atom. The summed E-state index contributed by atoms with van der Waals surface area (Å²) in [5.41, 5.74) is 9.34. The van der Waals surface area contributed by atoms with Crippen LogP contribution in [0.25, 0.3) is 56.7 Å². The van der Waals surface area contributed by atoms with Gasteiger partial charge in [-0.1, -0.05) is 54.6 Å². The van der Waals surface area contributed by atoms with Crippen LogP contribution < -0.4 is 0 Å². The standard InChI is InChI=1S/C23H17N3O.C15H11N3.Ru/c1-16(27)17-8-10-18(11-9-17)19-14-22(20-6-2-4-12-24-20)26-23(15-19)21-7-3-5-13-25-21;1-3-10-16-12(6-1)14-8-5-9-15(18-14)13-7-2-4-11-17-13;/h2-15H,1H3;1-11H;. The monoisotopic (exact) mass is 686 g/mol. The van der Waals surface area contributed by atoms with Crippen molar-refractivity contribution < 1.29 is 24.3 Å². The van der Waals surface area contributed by atoms with E-state index >= 15 is 0 Å². The van der Waals surface area contributed by atoms with Gasteiger partial charge in [0.1, 0.15) is 0 Å². The summed E-state index contributed by atoms with van der Waals surface area (Å²) in [6.45, 7) is 1.57. The number of rotatable bonds is 6. The van der Waals surface area contributed by atoms with Gasteiger partial charge in [-0.15, -0.1) is 0 Å². The maximum absolute atomic E-state index is 11.5. The van der Waals surface area contributed by atoms with Gasteiger partial charge < -0.3 is 0 Å². The number of carbonyl (C=O) groups excluding carboxylic acids is 1. The zero-order valence-electron chi connectivity index (χ0n) is 24.9. The summed E-state index contributed by atoms with van der Waals surface area (Å²) in [4.78, 5) is 38.4. The molecule has 7 rings (SSSR count). The fourth-order valence-corrected chi connectivity index (χ4v) is 4.63. The predicted molar refractivity (Wildman–Crippen MR) is 177 cm³/mol. The summed E-state index contributed by atoms with van der Waals surface area (Å²) in [7, 11) is 0. The Labute approximate surface area is 280 Å². The van der Waals surface area contributed by atoms with Crippen molar-refractivity contribution in [1.82, 2.24) is 29.9 Å². The van der Waals surface area contributed by atoms with Gasteiger partial charge in [0.2, 0.25) is 0 Å². The second-order valence-electron chi connectivity index (χ2n) is 10.0. The average molecular weight is 686 g/mol. The topological polar surface area (TPSA) is 94.4 Å². The molecule has 6 heterocycles. The fraction of sp³-hybridized carbons (Fsp3) is 0.0263. The van der Waals surface area contributed by atoms with Crippen molar-refractivity contribution in [2.24, 2.45) is 0 Å². The second kappa shape index (κ2) is 15.4. The molecule has 0 bridgehead atoms. The van der Waals surface area contributed by atoms with E-state index in [4.69, 9.17) is 4.98 Å². The van der Waals surface area contributed by atoms with Crippen LogP contribution in [-0.4, -0.2) is 35.7 Å². The molecule has 6 aromatic heterocycles. The van der Waals surface area contributed by atoms with Crippen LogP contribution in [0.5, 0.6) is 0 Å². The van der Waals surface area contributed by atoms with Crippen LogP contribution >= 0.6 is 0 Å². The van der Waals surface area contributed by atoms with Gasteiger partial charge in [-0.25, -0.2) is 9.97 Å². The van der Waals surface area contributed by atoms with Crippen molar-refractivity contribution >= 4 is 5.78 Å². The van der Waals surface area contributed by atoms with Crippen LogP contribution in [0.15, 0.2) is 152 Å². The van der Waals surface area contributed by atoms with Crippen molar-refractivity contribution in [3.05, 3.63) is 158 Å². The molecule has 0 radical (unpaired) electrons. The van der Waals surface area contributed by atoms with E-state index in [2.05, 4.69) is 24.9 Å². The van der Waals surface area contributed by atoms with Gasteiger partial charge in [-0.2, -0.15) is 0 Å². The maximum Gasteiger partial charge on any atom is 0.159 e. The number of hydrogen-bond donors (Lipinski definition) is 0. The number of carbonyl (C=O) groups is 1. The molecule has 0 aliphatic heterocycles. The number of aromatic nitrogens is 6. The molecule has 46 heavy (non-hydrogen) atoms. The van der Waals surface area contributed by atoms with Gasteiger partial charge in [0, 0.05) is 49.8 Å². The predicted octanol–water partition coefficient (Wildman–Crippen LogP) is 8.28. The zero-order chi connectivity index (χ0) is 30.8. The number of Topliss-reactive ketones (excluding diaryl/α,β-unsaturated/α-hetero) is 1. The number of benzene rings is 1. The van der Waals surface area contributed by atoms with Gasteiger partial charge in [0.15, 0.2) is 5.78 Å². The molecule has 224 valence electrons. The third-order valence-electron chi connectivity index (χ3n) is 6.91. The van der Waals surface area contributed by atoms with Gasteiger partial charge in [-0.3, -0.25) is 24.7 Å². The van der Waals surface area contributed by atoms with Crippen molar-refractivity contribution in [3.63, 3.8) is 0 Å². The first-order chi connectivity index (χ1) is 22.1. The van der Waals surface area contributed by atoms with Gasteiger partial charge in [0.05, 0.1) is 45.6 Å². The van der Waals surface area contributed by atoms with Gasteiger partial charge >= 0.3 is 0 Å². The summed E-state index contributed by atoms with van der Waals surface area (Å²) in [5.74, 6) is 0.0552. The van der Waals surface area contributed by atoms with Crippen molar-refractivity contribution in [1.29, 1.82) is 0 Å². The normalized spacial score (nSPS) is 10.2. The molecule has 0 saturated heterocycles. The molecule has 0 saturated carbocycles. The fourth-order valence-electron chi connectivity index (χ4n) is 4.63. The minimum Gasteiger partial charge on any atom is -0.295 e. The first-order valence-electron chi connectivity index (χ1n) is 14.4. The molecular weight excluding hydrogens is 658 g/mol. The number of pyridine rings is 6. The number of ketones is 1. The molecule has 0 atom stereocenters. The molecule has 0 spiro atoms. The quantitative estimate of drug-likeness (QED) is 0.128. The number of nitrogens with zero attached hydrogens (tertiary/aromatic N) is 6. The van der Waals surface area contributed by atoms with Crippen LogP contribution in [-0.2, 0) is 19.5 Å². The Kier molecular flexibility index (Phi) is 10.7. The van der Waals surface area contributed by atoms with Crippen molar-refractivity contribution in [3.8, 4) is 56.7 Å². The minimum atomic E-state index is 0. The van der Waals surface area contributed by atoms with E-state index in [0.717, 1.165) is 56.7 Å². The van der Waals surface area contributed by atoms with Crippen molar-refractivity contribution in [2.45, 2.75) is 6.92 Å².